The lowest BCUT2D eigenvalue weighted by molar-refractivity contribution is 0.340. The molecule has 112 valence electrons. The second kappa shape index (κ2) is 6.62. The number of hydrogen-bond acceptors (Lipinski definition) is 4. The Labute approximate surface area is 134 Å². The molecule has 0 radical (unpaired) electrons. The summed E-state index contributed by atoms with van der Waals surface area (Å²) in [7, 11) is 0. The summed E-state index contributed by atoms with van der Waals surface area (Å²) >= 11 is 1.67. The number of thiazole rings is 1. The molecule has 1 N–H and O–H groups in total. The van der Waals surface area contributed by atoms with Crippen LogP contribution in [-0.2, 0) is 0 Å². The summed E-state index contributed by atoms with van der Waals surface area (Å²) in [6, 6.07) is 18.2. The monoisotopic (exact) mass is 310 g/mol. The average molecular weight is 310 g/mol. The number of hydrogen-bond donors (Lipinski definition) is 1. The van der Waals surface area contributed by atoms with Crippen LogP contribution in [0.4, 0.5) is 10.8 Å². The van der Waals surface area contributed by atoms with Gasteiger partial charge in [0.25, 0.3) is 0 Å². The molecule has 22 heavy (non-hydrogen) atoms. The van der Waals surface area contributed by atoms with Gasteiger partial charge in [-0.1, -0.05) is 18.2 Å². The Morgan fingerprint density at radius 3 is 2.45 bits per heavy atom. The number of anilines is 2. The van der Waals surface area contributed by atoms with E-state index in [4.69, 9.17) is 9.72 Å². The van der Waals surface area contributed by atoms with Gasteiger partial charge in [-0.05, 0) is 50.2 Å². The van der Waals surface area contributed by atoms with Crippen LogP contribution in [0.3, 0.4) is 0 Å². The molecule has 1 aromatic heterocycles. The molecule has 0 saturated heterocycles. The van der Waals surface area contributed by atoms with Crippen LogP contribution in [0.5, 0.6) is 5.75 Å². The highest BCUT2D eigenvalue weighted by Gasteiger charge is 2.10. The minimum atomic E-state index is 0.681. The number of rotatable bonds is 5. The third kappa shape index (κ3) is 3.28. The van der Waals surface area contributed by atoms with Gasteiger partial charge in [0.15, 0.2) is 5.13 Å². The fraction of sp³-hybridized carbons (Fsp3) is 0.167. The number of para-hydroxylation sites is 1. The van der Waals surface area contributed by atoms with Crippen LogP contribution in [0, 0.1) is 6.92 Å². The maximum absolute atomic E-state index is 5.48. The minimum Gasteiger partial charge on any atom is -0.494 e. The molecule has 0 fully saturated rings. The van der Waals surface area contributed by atoms with E-state index in [2.05, 4.69) is 24.4 Å². The van der Waals surface area contributed by atoms with Crippen molar-refractivity contribution in [3.05, 3.63) is 59.5 Å². The summed E-state index contributed by atoms with van der Waals surface area (Å²) in [5.41, 5.74) is 3.18. The Hall–Kier alpha value is -2.33. The van der Waals surface area contributed by atoms with Gasteiger partial charge in [0, 0.05) is 16.1 Å². The molecule has 2 aromatic carbocycles. The third-order valence-corrected chi connectivity index (χ3v) is 4.15. The molecule has 3 nitrogen and oxygen atoms in total. The predicted molar refractivity (Wildman–Crippen MR) is 93.2 cm³/mol. The molecular formula is C18H18N2OS. The summed E-state index contributed by atoms with van der Waals surface area (Å²) < 4.78 is 5.48. The predicted octanol–water partition coefficient (Wildman–Crippen LogP) is 5.26. The number of benzene rings is 2. The Morgan fingerprint density at radius 1 is 1.05 bits per heavy atom. The summed E-state index contributed by atoms with van der Waals surface area (Å²) in [6.45, 7) is 4.76. The fourth-order valence-electron chi connectivity index (χ4n) is 2.24. The van der Waals surface area contributed by atoms with Crippen LogP contribution < -0.4 is 10.1 Å². The van der Waals surface area contributed by atoms with Crippen LogP contribution >= 0.6 is 11.3 Å². The lowest BCUT2D eigenvalue weighted by Gasteiger charge is -2.04. The highest BCUT2D eigenvalue weighted by molar-refractivity contribution is 7.16. The van der Waals surface area contributed by atoms with Crippen molar-refractivity contribution >= 4 is 22.2 Å². The van der Waals surface area contributed by atoms with Gasteiger partial charge in [0.2, 0.25) is 0 Å². The number of ether oxygens (including phenoxy) is 1. The second-order valence-corrected chi connectivity index (χ2v) is 6.08. The first-order valence-electron chi connectivity index (χ1n) is 7.29. The molecule has 4 heteroatoms. The summed E-state index contributed by atoms with van der Waals surface area (Å²) in [5, 5.41) is 4.26. The van der Waals surface area contributed by atoms with Gasteiger partial charge >= 0.3 is 0 Å². The van der Waals surface area contributed by atoms with Crippen molar-refractivity contribution in [3.8, 4) is 17.0 Å². The van der Waals surface area contributed by atoms with Crippen molar-refractivity contribution in [3.63, 3.8) is 0 Å². The first-order chi connectivity index (χ1) is 10.8. The Kier molecular flexibility index (Phi) is 4.39. The third-order valence-electron chi connectivity index (χ3n) is 3.26. The molecule has 3 rings (SSSR count). The van der Waals surface area contributed by atoms with E-state index < -0.39 is 0 Å². The van der Waals surface area contributed by atoms with E-state index in [1.807, 2.05) is 49.4 Å². The Balaban J connectivity index is 1.82. The molecule has 0 aliphatic heterocycles. The zero-order chi connectivity index (χ0) is 15.4. The van der Waals surface area contributed by atoms with E-state index in [1.165, 1.54) is 4.88 Å². The zero-order valence-corrected chi connectivity index (χ0v) is 13.5. The molecule has 0 bridgehead atoms. The SMILES string of the molecule is CCOc1ccc(-c2nc(Nc3ccccc3)sc2C)cc1. The van der Waals surface area contributed by atoms with Crippen molar-refractivity contribution in [2.75, 3.05) is 11.9 Å². The maximum atomic E-state index is 5.48. The van der Waals surface area contributed by atoms with Crippen LogP contribution in [-0.4, -0.2) is 11.6 Å². The van der Waals surface area contributed by atoms with Crippen molar-refractivity contribution < 1.29 is 4.74 Å². The van der Waals surface area contributed by atoms with Gasteiger partial charge in [-0.2, -0.15) is 0 Å². The molecule has 0 aliphatic carbocycles. The molecule has 0 unspecified atom stereocenters. The topological polar surface area (TPSA) is 34.1 Å². The first-order valence-corrected chi connectivity index (χ1v) is 8.10. The van der Waals surface area contributed by atoms with E-state index in [9.17, 15) is 0 Å². The molecule has 3 aromatic rings. The number of aromatic nitrogens is 1. The average Bonchev–Trinajstić information content (AvgIpc) is 2.90. The number of nitrogens with zero attached hydrogens (tertiary/aromatic N) is 1. The highest BCUT2D eigenvalue weighted by Crippen LogP contribution is 2.32. The van der Waals surface area contributed by atoms with Crippen molar-refractivity contribution in [1.29, 1.82) is 0 Å². The van der Waals surface area contributed by atoms with Gasteiger partial charge in [-0.15, -0.1) is 11.3 Å². The molecule has 0 amide bonds. The normalized spacial score (nSPS) is 10.5. The summed E-state index contributed by atoms with van der Waals surface area (Å²) in [4.78, 5) is 5.91. The van der Waals surface area contributed by atoms with Crippen LogP contribution in [0.2, 0.25) is 0 Å². The highest BCUT2D eigenvalue weighted by atomic mass is 32.1. The van der Waals surface area contributed by atoms with Crippen molar-refractivity contribution in [2.45, 2.75) is 13.8 Å². The van der Waals surface area contributed by atoms with Crippen LogP contribution in [0.25, 0.3) is 11.3 Å². The molecule has 1 heterocycles. The first kappa shape index (κ1) is 14.6. The quantitative estimate of drug-likeness (QED) is 0.698. The second-order valence-electron chi connectivity index (χ2n) is 4.87. The van der Waals surface area contributed by atoms with Gasteiger partial charge in [-0.3, -0.25) is 0 Å². The van der Waals surface area contributed by atoms with Gasteiger partial charge in [0.05, 0.1) is 12.3 Å². The van der Waals surface area contributed by atoms with Crippen molar-refractivity contribution in [1.82, 2.24) is 4.98 Å². The molecular weight excluding hydrogens is 292 g/mol. The van der Waals surface area contributed by atoms with Crippen LogP contribution in [0.15, 0.2) is 54.6 Å². The molecule has 0 spiro atoms. The zero-order valence-electron chi connectivity index (χ0n) is 12.7. The lowest BCUT2D eigenvalue weighted by Crippen LogP contribution is -1.91. The fourth-order valence-corrected chi connectivity index (χ4v) is 3.09. The van der Waals surface area contributed by atoms with E-state index >= 15 is 0 Å². The minimum absolute atomic E-state index is 0.681. The smallest absolute Gasteiger partial charge is 0.187 e. The number of aryl methyl sites for hydroxylation is 1. The maximum Gasteiger partial charge on any atom is 0.187 e. The van der Waals surface area contributed by atoms with Gasteiger partial charge in [-0.25, -0.2) is 4.98 Å². The van der Waals surface area contributed by atoms with E-state index in [-0.39, 0.29) is 0 Å². The molecule has 0 atom stereocenters. The standard InChI is InChI=1S/C18H18N2OS/c1-3-21-16-11-9-14(10-12-16)17-13(2)22-18(20-17)19-15-7-5-4-6-8-15/h4-12H,3H2,1-2H3,(H,19,20). The van der Waals surface area contributed by atoms with E-state index in [0.29, 0.717) is 6.61 Å². The Morgan fingerprint density at radius 2 is 1.77 bits per heavy atom. The van der Waals surface area contributed by atoms with E-state index in [1.54, 1.807) is 11.3 Å². The van der Waals surface area contributed by atoms with E-state index in [0.717, 1.165) is 27.8 Å². The largest absolute Gasteiger partial charge is 0.494 e. The molecule has 0 saturated carbocycles. The van der Waals surface area contributed by atoms with Crippen molar-refractivity contribution in [2.24, 2.45) is 0 Å². The van der Waals surface area contributed by atoms with Crippen LogP contribution in [0.1, 0.15) is 11.8 Å². The molecule has 0 aliphatic rings. The van der Waals surface area contributed by atoms with Gasteiger partial charge in [0.1, 0.15) is 5.75 Å². The number of nitrogens with one attached hydrogen (secondary N) is 1. The summed E-state index contributed by atoms with van der Waals surface area (Å²) in [6.07, 6.45) is 0. The lowest BCUT2D eigenvalue weighted by atomic mass is 10.1. The summed E-state index contributed by atoms with van der Waals surface area (Å²) in [5.74, 6) is 0.891. The van der Waals surface area contributed by atoms with Gasteiger partial charge < -0.3 is 10.1 Å². The Bertz CT molecular complexity index is 736.